The van der Waals surface area contributed by atoms with E-state index in [9.17, 15) is 5.11 Å². The number of aromatic nitrogens is 1. The summed E-state index contributed by atoms with van der Waals surface area (Å²) in [4.78, 5) is 4.07. The monoisotopic (exact) mass is 317 g/mol. The topological polar surface area (TPSA) is 33.1 Å². The van der Waals surface area contributed by atoms with Gasteiger partial charge in [-0.1, -0.05) is 43.7 Å². The van der Waals surface area contributed by atoms with E-state index in [1.165, 1.54) is 16.7 Å². The number of phenols is 1. The number of aryl methyl sites for hydroxylation is 3. The normalized spacial score (nSPS) is 10.7. The number of hydrogen-bond acceptors (Lipinski definition) is 2. The lowest BCUT2D eigenvalue weighted by Gasteiger charge is -2.13. The van der Waals surface area contributed by atoms with Crippen LogP contribution in [0.2, 0.25) is 0 Å². The van der Waals surface area contributed by atoms with Crippen molar-refractivity contribution in [3.05, 3.63) is 83.7 Å². The Morgan fingerprint density at radius 2 is 1.58 bits per heavy atom. The Kier molecular flexibility index (Phi) is 5.27. The van der Waals surface area contributed by atoms with Gasteiger partial charge in [-0.2, -0.15) is 0 Å². The summed E-state index contributed by atoms with van der Waals surface area (Å²) in [6.45, 7) is 2.18. The highest BCUT2D eigenvalue weighted by atomic mass is 16.3. The summed E-state index contributed by atoms with van der Waals surface area (Å²) in [5.74, 6) is 0.353. The molecule has 3 rings (SSSR count). The number of rotatable bonds is 6. The summed E-state index contributed by atoms with van der Waals surface area (Å²) in [6.07, 6.45) is 7.72. The van der Waals surface area contributed by atoms with Crippen LogP contribution in [0, 0.1) is 0 Å². The minimum atomic E-state index is 0.353. The predicted molar refractivity (Wildman–Crippen MR) is 99.2 cm³/mol. The van der Waals surface area contributed by atoms with Crippen LogP contribution < -0.4 is 0 Å². The molecule has 0 aliphatic carbocycles. The Hall–Kier alpha value is -2.61. The zero-order chi connectivity index (χ0) is 16.8. The van der Waals surface area contributed by atoms with E-state index in [0.29, 0.717) is 5.75 Å². The Labute approximate surface area is 143 Å². The van der Waals surface area contributed by atoms with Crippen molar-refractivity contribution in [3.63, 3.8) is 0 Å². The van der Waals surface area contributed by atoms with Crippen LogP contribution in [0.4, 0.5) is 0 Å². The first-order valence-electron chi connectivity index (χ1n) is 8.57. The van der Waals surface area contributed by atoms with Crippen molar-refractivity contribution >= 4 is 0 Å². The predicted octanol–water partition coefficient (Wildman–Crippen LogP) is 5.19. The molecule has 1 aromatic heterocycles. The molecule has 0 aliphatic heterocycles. The molecule has 0 spiro atoms. The zero-order valence-corrected chi connectivity index (χ0v) is 14.1. The van der Waals surface area contributed by atoms with Crippen LogP contribution in [0.3, 0.4) is 0 Å². The fourth-order valence-corrected chi connectivity index (χ4v) is 3.07. The van der Waals surface area contributed by atoms with Crippen LogP contribution in [0.15, 0.2) is 67.0 Å². The first kappa shape index (κ1) is 16.3. The second-order valence-electron chi connectivity index (χ2n) is 6.11. The van der Waals surface area contributed by atoms with Crippen molar-refractivity contribution in [2.24, 2.45) is 0 Å². The lowest BCUT2D eigenvalue weighted by molar-refractivity contribution is 0.477. The van der Waals surface area contributed by atoms with Crippen molar-refractivity contribution in [2.45, 2.75) is 32.6 Å². The summed E-state index contributed by atoms with van der Waals surface area (Å²) in [5, 5.41) is 10.4. The first-order valence-corrected chi connectivity index (χ1v) is 8.57. The molecule has 2 aromatic carbocycles. The summed E-state index contributed by atoms with van der Waals surface area (Å²) >= 11 is 0. The molecule has 2 nitrogen and oxygen atoms in total. The maximum atomic E-state index is 10.4. The van der Waals surface area contributed by atoms with E-state index in [0.717, 1.165) is 36.8 Å². The van der Waals surface area contributed by atoms with Crippen molar-refractivity contribution in [1.82, 2.24) is 4.98 Å². The molecule has 24 heavy (non-hydrogen) atoms. The molecule has 0 radical (unpaired) electrons. The number of nitrogens with zero attached hydrogens (tertiary/aromatic N) is 1. The van der Waals surface area contributed by atoms with E-state index in [-0.39, 0.29) is 0 Å². The van der Waals surface area contributed by atoms with Gasteiger partial charge in [-0.15, -0.1) is 0 Å². The van der Waals surface area contributed by atoms with E-state index in [2.05, 4.69) is 48.3 Å². The van der Waals surface area contributed by atoms with Gasteiger partial charge < -0.3 is 5.11 Å². The molecular weight excluding hydrogens is 294 g/mol. The largest absolute Gasteiger partial charge is 0.507 e. The van der Waals surface area contributed by atoms with Crippen LogP contribution >= 0.6 is 0 Å². The van der Waals surface area contributed by atoms with Crippen molar-refractivity contribution < 1.29 is 5.11 Å². The second kappa shape index (κ2) is 7.78. The number of hydrogen-bond donors (Lipinski definition) is 1. The van der Waals surface area contributed by atoms with Gasteiger partial charge in [0, 0.05) is 18.0 Å². The molecule has 0 aliphatic rings. The minimum absolute atomic E-state index is 0.353. The Morgan fingerprint density at radius 3 is 2.38 bits per heavy atom. The van der Waals surface area contributed by atoms with Gasteiger partial charge in [0.05, 0.1) is 0 Å². The van der Waals surface area contributed by atoms with E-state index >= 15 is 0 Å². The van der Waals surface area contributed by atoms with Gasteiger partial charge >= 0.3 is 0 Å². The van der Waals surface area contributed by atoms with Gasteiger partial charge in [-0.05, 0) is 65.8 Å². The Bertz CT molecular complexity index is 796. The fourth-order valence-electron chi connectivity index (χ4n) is 3.07. The molecule has 0 saturated carbocycles. The molecule has 1 N–H and O–H groups in total. The average molecular weight is 317 g/mol. The maximum absolute atomic E-state index is 10.4. The molecule has 3 aromatic rings. The molecule has 122 valence electrons. The third-order valence-corrected chi connectivity index (χ3v) is 4.34. The van der Waals surface area contributed by atoms with Crippen LogP contribution in [-0.2, 0) is 19.3 Å². The van der Waals surface area contributed by atoms with Gasteiger partial charge in [-0.25, -0.2) is 0 Å². The molecule has 0 amide bonds. The Morgan fingerprint density at radius 1 is 0.792 bits per heavy atom. The van der Waals surface area contributed by atoms with Gasteiger partial charge in [-0.3, -0.25) is 4.98 Å². The maximum Gasteiger partial charge on any atom is 0.123 e. The average Bonchev–Trinajstić information content (AvgIpc) is 2.63. The van der Waals surface area contributed by atoms with Crippen LogP contribution in [0.1, 0.15) is 30.0 Å². The van der Waals surface area contributed by atoms with Gasteiger partial charge in [0.1, 0.15) is 5.75 Å². The quantitative estimate of drug-likeness (QED) is 0.678. The van der Waals surface area contributed by atoms with Crippen LogP contribution in [0.5, 0.6) is 5.75 Å². The third-order valence-electron chi connectivity index (χ3n) is 4.34. The SMILES string of the molecule is CCCc1ccc(O)c(-c2ccccc2CCc2ccncc2)c1. The second-order valence-corrected chi connectivity index (χ2v) is 6.11. The third kappa shape index (κ3) is 3.83. The van der Waals surface area contributed by atoms with E-state index in [1.54, 1.807) is 0 Å². The van der Waals surface area contributed by atoms with E-state index < -0.39 is 0 Å². The van der Waals surface area contributed by atoms with Crippen molar-refractivity contribution in [2.75, 3.05) is 0 Å². The van der Waals surface area contributed by atoms with Gasteiger partial charge in [0.15, 0.2) is 0 Å². The Balaban J connectivity index is 1.90. The zero-order valence-electron chi connectivity index (χ0n) is 14.1. The standard InChI is InChI=1S/C22H23NO/c1-2-5-18-9-11-22(24)21(16-18)20-7-4-3-6-19(20)10-8-17-12-14-23-15-13-17/h3-4,6-7,9,11-16,24H,2,5,8,10H2,1H3. The molecular formula is C22H23NO. The highest BCUT2D eigenvalue weighted by Gasteiger charge is 2.10. The number of benzene rings is 2. The number of pyridine rings is 1. The smallest absolute Gasteiger partial charge is 0.123 e. The summed E-state index contributed by atoms with van der Waals surface area (Å²) in [6, 6.07) is 18.4. The molecule has 0 atom stereocenters. The minimum Gasteiger partial charge on any atom is -0.507 e. The van der Waals surface area contributed by atoms with Crippen molar-refractivity contribution in [1.29, 1.82) is 0 Å². The summed E-state index contributed by atoms with van der Waals surface area (Å²) in [5.41, 5.74) is 5.88. The molecule has 0 fully saturated rings. The molecule has 0 unspecified atom stereocenters. The molecule has 0 saturated heterocycles. The molecule has 2 heteroatoms. The van der Waals surface area contributed by atoms with Crippen LogP contribution in [-0.4, -0.2) is 10.1 Å². The lowest BCUT2D eigenvalue weighted by Crippen LogP contribution is -1.95. The first-order chi connectivity index (χ1) is 11.8. The molecule has 0 bridgehead atoms. The van der Waals surface area contributed by atoms with Gasteiger partial charge in [0.2, 0.25) is 0 Å². The number of aromatic hydroxyl groups is 1. The lowest BCUT2D eigenvalue weighted by atomic mass is 9.93. The number of phenolic OH excluding ortho intramolecular Hbond substituents is 1. The highest BCUT2D eigenvalue weighted by Crippen LogP contribution is 2.33. The van der Waals surface area contributed by atoms with E-state index in [1.807, 2.05) is 30.6 Å². The molecule has 1 heterocycles. The summed E-state index contributed by atoms with van der Waals surface area (Å²) in [7, 11) is 0. The van der Waals surface area contributed by atoms with Gasteiger partial charge in [0.25, 0.3) is 0 Å². The van der Waals surface area contributed by atoms with E-state index in [4.69, 9.17) is 0 Å². The van der Waals surface area contributed by atoms with Crippen molar-refractivity contribution in [3.8, 4) is 16.9 Å². The highest BCUT2D eigenvalue weighted by molar-refractivity contribution is 5.73. The summed E-state index contributed by atoms with van der Waals surface area (Å²) < 4.78 is 0. The van der Waals surface area contributed by atoms with Crippen LogP contribution in [0.25, 0.3) is 11.1 Å². The fraction of sp³-hybridized carbons (Fsp3) is 0.227.